The molecule has 1 aromatic carbocycles. The molecule has 0 amide bonds. The molecule has 0 aliphatic carbocycles. The summed E-state index contributed by atoms with van der Waals surface area (Å²) in [5, 5.41) is 8.76. The number of imidazole rings is 1. The largest absolute Gasteiger partial charge is 0.481 e. The highest BCUT2D eigenvalue weighted by Gasteiger charge is 2.11. The molecule has 1 heterocycles. The summed E-state index contributed by atoms with van der Waals surface area (Å²) in [6, 6.07) is 8.06. The Kier molecular flexibility index (Phi) is 2.95. The van der Waals surface area contributed by atoms with Gasteiger partial charge in [0.1, 0.15) is 12.2 Å². The molecule has 0 fully saturated rings. The zero-order chi connectivity index (χ0) is 12.4. The molecule has 4 nitrogen and oxygen atoms in total. The van der Waals surface area contributed by atoms with Crippen LogP contribution in [0.5, 0.6) is 0 Å². The van der Waals surface area contributed by atoms with E-state index in [9.17, 15) is 4.79 Å². The fourth-order valence-corrected chi connectivity index (χ4v) is 1.82. The third-order valence-electron chi connectivity index (χ3n) is 2.71. The predicted molar refractivity (Wildman–Crippen MR) is 64.7 cm³/mol. The second kappa shape index (κ2) is 4.41. The van der Waals surface area contributed by atoms with Crippen molar-refractivity contribution in [2.24, 2.45) is 7.05 Å². The summed E-state index contributed by atoms with van der Waals surface area (Å²) in [5.74, 6) is -0.302. The van der Waals surface area contributed by atoms with Crippen LogP contribution in [0.3, 0.4) is 0 Å². The van der Waals surface area contributed by atoms with Crippen LogP contribution in [0.1, 0.15) is 11.4 Å². The molecule has 0 atom stereocenters. The minimum atomic E-state index is -0.866. The van der Waals surface area contributed by atoms with Gasteiger partial charge in [-0.05, 0) is 13.0 Å². The van der Waals surface area contributed by atoms with E-state index in [-0.39, 0.29) is 6.42 Å². The van der Waals surface area contributed by atoms with E-state index in [1.165, 1.54) is 5.56 Å². The van der Waals surface area contributed by atoms with Gasteiger partial charge in [-0.25, -0.2) is 4.98 Å². The Morgan fingerprint density at radius 3 is 2.88 bits per heavy atom. The van der Waals surface area contributed by atoms with E-state index in [1.807, 2.05) is 36.7 Å². The molecule has 2 rings (SSSR count). The first-order valence-electron chi connectivity index (χ1n) is 5.37. The summed E-state index contributed by atoms with van der Waals surface area (Å²) >= 11 is 0. The second-order valence-electron chi connectivity index (χ2n) is 4.06. The number of nitrogens with zero attached hydrogens (tertiary/aromatic N) is 2. The zero-order valence-corrected chi connectivity index (χ0v) is 9.84. The van der Waals surface area contributed by atoms with Crippen molar-refractivity contribution in [2.45, 2.75) is 13.3 Å². The van der Waals surface area contributed by atoms with Crippen molar-refractivity contribution < 1.29 is 9.90 Å². The van der Waals surface area contributed by atoms with Gasteiger partial charge in [-0.15, -0.1) is 0 Å². The maximum absolute atomic E-state index is 10.7. The topological polar surface area (TPSA) is 55.1 Å². The fraction of sp³-hybridized carbons (Fsp3) is 0.231. The van der Waals surface area contributed by atoms with Gasteiger partial charge in [-0.3, -0.25) is 4.79 Å². The first-order valence-corrected chi connectivity index (χ1v) is 5.37. The third-order valence-corrected chi connectivity index (χ3v) is 2.71. The molecular weight excluding hydrogens is 216 g/mol. The molecule has 0 aliphatic rings. The molecule has 1 aromatic heterocycles. The van der Waals surface area contributed by atoms with Gasteiger partial charge in [0, 0.05) is 12.6 Å². The van der Waals surface area contributed by atoms with Crippen molar-refractivity contribution in [1.82, 2.24) is 9.55 Å². The van der Waals surface area contributed by atoms with Crippen molar-refractivity contribution in [3.05, 3.63) is 41.9 Å². The van der Waals surface area contributed by atoms with E-state index in [0.717, 1.165) is 11.3 Å². The second-order valence-corrected chi connectivity index (χ2v) is 4.06. The molecule has 4 heteroatoms. The number of hydrogen-bond acceptors (Lipinski definition) is 2. The lowest BCUT2D eigenvalue weighted by molar-refractivity contribution is -0.136. The summed E-state index contributed by atoms with van der Waals surface area (Å²) in [7, 11) is 1.84. The number of hydrogen-bond donors (Lipinski definition) is 1. The Morgan fingerprint density at radius 2 is 2.24 bits per heavy atom. The molecular formula is C13H14N2O2. The highest BCUT2D eigenvalue weighted by molar-refractivity contribution is 5.70. The lowest BCUT2D eigenvalue weighted by Gasteiger charge is -2.05. The molecule has 17 heavy (non-hydrogen) atoms. The Morgan fingerprint density at radius 1 is 1.47 bits per heavy atom. The molecule has 0 bridgehead atoms. The van der Waals surface area contributed by atoms with E-state index in [0.29, 0.717) is 5.82 Å². The zero-order valence-electron chi connectivity index (χ0n) is 9.84. The number of benzene rings is 1. The fourth-order valence-electron chi connectivity index (χ4n) is 1.82. The molecule has 1 N–H and O–H groups in total. The Hall–Kier alpha value is -2.10. The lowest BCUT2D eigenvalue weighted by Crippen LogP contribution is -2.07. The van der Waals surface area contributed by atoms with Crippen LogP contribution in [0, 0.1) is 6.92 Å². The van der Waals surface area contributed by atoms with Crippen molar-refractivity contribution >= 4 is 5.97 Å². The van der Waals surface area contributed by atoms with Crippen LogP contribution < -0.4 is 0 Å². The summed E-state index contributed by atoms with van der Waals surface area (Å²) in [5.41, 5.74) is 3.16. The van der Waals surface area contributed by atoms with Gasteiger partial charge in [0.2, 0.25) is 0 Å². The van der Waals surface area contributed by atoms with E-state index < -0.39 is 5.97 Å². The number of aryl methyl sites for hydroxylation is 1. The van der Waals surface area contributed by atoms with Crippen molar-refractivity contribution in [2.75, 3.05) is 0 Å². The number of rotatable bonds is 3. The van der Waals surface area contributed by atoms with E-state index >= 15 is 0 Å². The van der Waals surface area contributed by atoms with Crippen LogP contribution in [0.4, 0.5) is 0 Å². The average molecular weight is 230 g/mol. The first-order chi connectivity index (χ1) is 8.08. The number of carboxylic acids is 1. The number of aliphatic carboxylic acids is 1. The van der Waals surface area contributed by atoms with Gasteiger partial charge in [-0.1, -0.05) is 23.8 Å². The lowest BCUT2D eigenvalue weighted by atomic mass is 10.1. The Labute approximate surface area is 99.5 Å². The average Bonchev–Trinajstić information content (AvgIpc) is 2.60. The summed E-state index contributed by atoms with van der Waals surface area (Å²) in [4.78, 5) is 14.8. The van der Waals surface area contributed by atoms with Crippen LogP contribution in [-0.2, 0) is 18.3 Å². The SMILES string of the molecule is Cc1cccc(-c2cnc(CC(=O)O)n2C)c1. The predicted octanol–water partition coefficient (Wildman–Crippen LogP) is 2.02. The van der Waals surface area contributed by atoms with Crippen LogP contribution >= 0.6 is 0 Å². The van der Waals surface area contributed by atoms with Gasteiger partial charge in [0.25, 0.3) is 0 Å². The molecule has 0 saturated carbocycles. The third kappa shape index (κ3) is 2.36. The molecule has 0 unspecified atom stereocenters. The highest BCUT2D eigenvalue weighted by Crippen LogP contribution is 2.20. The molecule has 0 spiro atoms. The Balaban J connectivity index is 2.40. The smallest absolute Gasteiger partial charge is 0.311 e. The van der Waals surface area contributed by atoms with Gasteiger partial charge < -0.3 is 9.67 Å². The van der Waals surface area contributed by atoms with Gasteiger partial charge >= 0.3 is 5.97 Å². The maximum atomic E-state index is 10.7. The van der Waals surface area contributed by atoms with Crippen molar-refractivity contribution in [3.8, 4) is 11.3 Å². The van der Waals surface area contributed by atoms with Crippen LogP contribution in [-0.4, -0.2) is 20.6 Å². The molecule has 0 radical (unpaired) electrons. The van der Waals surface area contributed by atoms with E-state index in [2.05, 4.69) is 11.1 Å². The van der Waals surface area contributed by atoms with Crippen molar-refractivity contribution in [1.29, 1.82) is 0 Å². The minimum Gasteiger partial charge on any atom is -0.481 e. The maximum Gasteiger partial charge on any atom is 0.311 e. The monoisotopic (exact) mass is 230 g/mol. The summed E-state index contributed by atoms with van der Waals surface area (Å²) in [6.45, 7) is 2.03. The first kappa shape index (κ1) is 11.4. The van der Waals surface area contributed by atoms with Crippen LogP contribution in [0.2, 0.25) is 0 Å². The molecule has 88 valence electrons. The van der Waals surface area contributed by atoms with E-state index in [1.54, 1.807) is 6.20 Å². The highest BCUT2D eigenvalue weighted by atomic mass is 16.4. The minimum absolute atomic E-state index is 0.0533. The van der Waals surface area contributed by atoms with Crippen molar-refractivity contribution in [3.63, 3.8) is 0 Å². The Bertz CT molecular complexity index is 558. The number of carbonyl (C=O) groups is 1. The molecule has 0 aliphatic heterocycles. The number of aromatic nitrogens is 2. The van der Waals surface area contributed by atoms with Crippen LogP contribution in [0.15, 0.2) is 30.5 Å². The summed E-state index contributed by atoms with van der Waals surface area (Å²) < 4.78 is 1.82. The van der Waals surface area contributed by atoms with Crippen LogP contribution in [0.25, 0.3) is 11.3 Å². The molecule has 0 saturated heterocycles. The normalized spacial score (nSPS) is 10.5. The quantitative estimate of drug-likeness (QED) is 0.877. The van der Waals surface area contributed by atoms with Gasteiger partial charge in [0.15, 0.2) is 0 Å². The number of carboxylic acid groups (broad SMARTS) is 1. The van der Waals surface area contributed by atoms with E-state index in [4.69, 9.17) is 5.11 Å². The molecule has 2 aromatic rings. The van der Waals surface area contributed by atoms with Gasteiger partial charge in [-0.2, -0.15) is 0 Å². The summed E-state index contributed by atoms with van der Waals surface area (Å²) in [6.07, 6.45) is 1.66. The standard InChI is InChI=1S/C13H14N2O2/c1-9-4-3-5-10(6-9)11-8-14-12(15(11)2)7-13(16)17/h3-6,8H,7H2,1-2H3,(H,16,17). The van der Waals surface area contributed by atoms with Gasteiger partial charge in [0.05, 0.1) is 11.9 Å².